The molecule has 0 aliphatic carbocycles. The number of nitrogen functional groups attached to an aromatic ring is 1. The lowest BCUT2D eigenvalue weighted by Gasteiger charge is -2.25. The Kier molecular flexibility index (Phi) is 7.44. The zero-order valence-electron chi connectivity index (χ0n) is 17.0. The maximum Gasteiger partial charge on any atom is 0.326 e. The van der Waals surface area contributed by atoms with Crippen LogP contribution < -0.4 is 21.3 Å². The predicted molar refractivity (Wildman–Crippen MR) is 114 cm³/mol. The quantitative estimate of drug-likeness (QED) is 0.631. The predicted octanol–water partition coefficient (Wildman–Crippen LogP) is 4.10. The Labute approximate surface area is 167 Å². The molecule has 2 aromatic carbocycles. The van der Waals surface area contributed by atoms with Gasteiger partial charge in [0.1, 0.15) is 0 Å². The number of amides is 3. The normalized spacial score (nSPS) is 11.8. The second-order valence-electron chi connectivity index (χ2n) is 7.23. The number of carbonyl (C=O) groups is 2. The van der Waals surface area contributed by atoms with E-state index in [2.05, 4.69) is 16.7 Å². The second kappa shape index (κ2) is 9.78. The lowest BCUT2D eigenvalue weighted by Crippen LogP contribution is -2.39. The van der Waals surface area contributed by atoms with Crippen LogP contribution >= 0.6 is 0 Å². The Hall–Kier alpha value is -3.02. The summed E-state index contributed by atoms with van der Waals surface area (Å²) in [5.74, 6) is 0.105. The molecule has 0 spiro atoms. The van der Waals surface area contributed by atoms with E-state index in [0.29, 0.717) is 35.1 Å². The van der Waals surface area contributed by atoms with Crippen LogP contribution in [0.4, 0.5) is 21.9 Å². The van der Waals surface area contributed by atoms with Crippen LogP contribution in [0.15, 0.2) is 42.5 Å². The average Bonchev–Trinajstić information content (AvgIpc) is 2.68. The van der Waals surface area contributed by atoms with Crippen molar-refractivity contribution in [2.24, 2.45) is 5.92 Å². The number of hydrogen-bond donors (Lipinski definition) is 3. The highest BCUT2D eigenvalue weighted by molar-refractivity contribution is 6.03. The van der Waals surface area contributed by atoms with Crippen LogP contribution in [0, 0.1) is 12.0 Å². The molecule has 28 heavy (non-hydrogen) atoms. The van der Waals surface area contributed by atoms with Gasteiger partial charge in [-0.15, -0.1) is 0 Å². The Bertz CT molecular complexity index is 805. The summed E-state index contributed by atoms with van der Waals surface area (Å²) >= 11 is 0. The molecular weight excluding hydrogens is 352 g/mol. The van der Waals surface area contributed by atoms with Crippen molar-refractivity contribution in [3.63, 3.8) is 0 Å². The number of carbonyl (C=O) groups excluding carboxylic acids is 2. The molecule has 4 N–H and O–H groups in total. The number of nitrogens with two attached hydrogens (primary N) is 1. The van der Waals surface area contributed by atoms with Gasteiger partial charge in [-0.3, -0.25) is 9.69 Å². The monoisotopic (exact) mass is 381 g/mol. The van der Waals surface area contributed by atoms with E-state index in [1.165, 1.54) is 4.90 Å². The van der Waals surface area contributed by atoms with Crippen molar-refractivity contribution in [3.8, 4) is 0 Å². The van der Waals surface area contributed by atoms with Crippen LogP contribution in [0.1, 0.15) is 44.5 Å². The van der Waals surface area contributed by atoms with Crippen molar-refractivity contribution < 1.29 is 9.59 Å². The summed E-state index contributed by atoms with van der Waals surface area (Å²) < 4.78 is 0. The van der Waals surface area contributed by atoms with Crippen molar-refractivity contribution in [1.82, 2.24) is 10.6 Å². The van der Waals surface area contributed by atoms with Crippen LogP contribution in [0.2, 0.25) is 0 Å². The minimum absolute atomic E-state index is 0.0658. The molecule has 0 fully saturated rings. The van der Waals surface area contributed by atoms with Crippen molar-refractivity contribution in [2.75, 3.05) is 17.2 Å². The molecule has 1 radical (unpaired) electrons. The first-order valence-electron chi connectivity index (χ1n) is 9.58. The highest BCUT2D eigenvalue weighted by Gasteiger charge is 2.21. The van der Waals surface area contributed by atoms with Gasteiger partial charge in [-0.2, -0.15) is 0 Å². The molecule has 0 aliphatic rings. The van der Waals surface area contributed by atoms with Crippen molar-refractivity contribution in [1.29, 1.82) is 0 Å². The third kappa shape index (κ3) is 5.49. The van der Waals surface area contributed by atoms with Gasteiger partial charge in [0.25, 0.3) is 5.91 Å². The van der Waals surface area contributed by atoms with Gasteiger partial charge in [0.2, 0.25) is 0 Å². The second-order valence-corrected chi connectivity index (χ2v) is 7.23. The molecule has 1 unspecified atom stereocenters. The van der Waals surface area contributed by atoms with Crippen LogP contribution in [-0.2, 0) is 0 Å². The summed E-state index contributed by atoms with van der Waals surface area (Å²) in [6.07, 6.45) is 0.834. The van der Waals surface area contributed by atoms with E-state index in [-0.39, 0.29) is 18.0 Å². The van der Waals surface area contributed by atoms with Crippen LogP contribution in [0.25, 0.3) is 0 Å². The number of nitrogens with zero attached hydrogens (tertiary/aromatic N) is 1. The highest BCUT2D eigenvalue weighted by Crippen LogP contribution is 2.31. The van der Waals surface area contributed by atoms with Gasteiger partial charge in [0, 0.05) is 24.2 Å². The number of hydrogen-bond acceptors (Lipinski definition) is 3. The first-order valence-corrected chi connectivity index (χ1v) is 9.58. The fraction of sp³-hybridized carbons (Fsp3) is 0.364. The molecule has 0 bridgehead atoms. The van der Waals surface area contributed by atoms with Crippen LogP contribution in [0.5, 0.6) is 0 Å². The van der Waals surface area contributed by atoms with Crippen molar-refractivity contribution in [3.05, 3.63) is 54.1 Å². The lowest BCUT2D eigenvalue weighted by molar-refractivity contribution is 0.0939. The van der Waals surface area contributed by atoms with Crippen molar-refractivity contribution >= 4 is 29.0 Å². The zero-order chi connectivity index (χ0) is 20.7. The van der Waals surface area contributed by atoms with Crippen LogP contribution in [0.3, 0.4) is 0 Å². The topological polar surface area (TPSA) is 87.5 Å². The minimum atomic E-state index is -0.292. The Morgan fingerprint density at radius 1 is 1.18 bits per heavy atom. The summed E-state index contributed by atoms with van der Waals surface area (Å²) in [6.45, 7) is 8.53. The van der Waals surface area contributed by atoms with E-state index < -0.39 is 0 Å². The maximum atomic E-state index is 12.9. The van der Waals surface area contributed by atoms with E-state index >= 15 is 0 Å². The summed E-state index contributed by atoms with van der Waals surface area (Å²) in [5.41, 5.74) is 8.02. The van der Waals surface area contributed by atoms with Crippen molar-refractivity contribution in [2.45, 2.75) is 40.2 Å². The minimum Gasteiger partial charge on any atom is -0.397 e. The van der Waals surface area contributed by atoms with E-state index in [0.717, 1.165) is 6.42 Å². The number of benzene rings is 2. The van der Waals surface area contributed by atoms with Crippen LogP contribution in [-0.4, -0.2) is 24.5 Å². The van der Waals surface area contributed by atoms with E-state index in [1.54, 1.807) is 12.1 Å². The molecule has 0 saturated heterocycles. The third-order valence-electron chi connectivity index (χ3n) is 4.30. The summed E-state index contributed by atoms with van der Waals surface area (Å²) in [4.78, 5) is 26.7. The Morgan fingerprint density at radius 2 is 1.86 bits per heavy atom. The lowest BCUT2D eigenvalue weighted by atomic mass is 10.1. The molecular formula is C22H29N4O2. The zero-order valence-corrected chi connectivity index (χ0v) is 17.0. The van der Waals surface area contributed by atoms with Gasteiger partial charge in [-0.05, 0) is 43.5 Å². The molecule has 6 heteroatoms. The summed E-state index contributed by atoms with van der Waals surface area (Å²) in [7, 11) is 0. The molecule has 0 heterocycles. The number of rotatable bonds is 7. The van der Waals surface area contributed by atoms with Gasteiger partial charge >= 0.3 is 6.03 Å². The number of nitrogens with one attached hydrogen (secondary N) is 2. The Balaban J connectivity index is 2.35. The molecule has 0 saturated carbocycles. The summed E-state index contributed by atoms with van der Waals surface area (Å²) in [5, 5.41) is 5.81. The van der Waals surface area contributed by atoms with Gasteiger partial charge in [-0.25, -0.2) is 4.79 Å². The van der Waals surface area contributed by atoms with E-state index in [9.17, 15) is 9.59 Å². The molecule has 1 atom stereocenters. The molecule has 2 aromatic rings. The molecule has 149 valence electrons. The summed E-state index contributed by atoms with van der Waals surface area (Å²) in [6, 6.07) is 15.2. The largest absolute Gasteiger partial charge is 0.397 e. The molecule has 6 nitrogen and oxygen atoms in total. The maximum absolute atomic E-state index is 12.9. The smallest absolute Gasteiger partial charge is 0.326 e. The Morgan fingerprint density at radius 3 is 2.43 bits per heavy atom. The highest BCUT2D eigenvalue weighted by atomic mass is 16.2. The molecule has 2 rings (SSSR count). The van der Waals surface area contributed by atoms with Gasteiger partial charge < -0.3 is 16.4 Å². The SMILES string of the molecule is CCC(C)NC(=O)c1c[c]c(N(C(=O)NCC(C)C)c2ccccc2)c(N)c1. The van der Waals surface area contributed by atoms with E-state index in [1.807, 2.05) is 58.0 Å². The molecule has 0 aromatic heterocycles. The molecule has 0 aliphatic heterocycles. The third-order valence-corrected chi connectivity index (χ3v) is 4.30. The van der Waals surface area contributed by atoms with Gasteiger partial charge in [-0.1, -0.05) is 39.0 Å². The fourth-order valence-corrected chi connectivity index (χ4v) is 2.54. The first kappa shape index (κ1) is 21.3. The fourth-order valence-electron chi connectivity index (χ4n) is 2.54. The molecule has 3 amide bonds. The number of urea groups is 1. The van der Waals surface area contributed by atoms with Gasteiger partial charge in [0.05, 0.1) is 17.1 Å². The average molecular weight is 382 g/mol. The first-order chi connectivity index (χ1) is 13.3. The number of anilines is 3. The van der Waals surface area contributed by atoms with E-state index in [4.69, 9.17) is 5.73 Å². The number of para-hydroxylation sites is 1. The standard InChI is InChI=1S/C22H29N4O2/c1-5-16(4)25-21(27)17-11-12-20(19(23)13-17)26(18-9-7-6-8-10-18)22(28)24-14-15(2)3/h6-11,13,15-16H,5,14,23H2,1-4H3,(H,24,28)(H,25,27). The van der Waals surface area contributed by atoms with Gasteiger partial charge in [0.15, 0.2) is 0 Å².